The van der Waals surface area contributed by atoms with Crippen molar-refractivity contribution in [2.75, 3.05) is 27.4 Å². The highest BCUT2D eigenvalue weighted by Gasteiger charge is 2.38. The van der Waals surface area contributed by atoms with E-state index < -0.39 is 30.5 Å². The smallest absolute Gasteiger partial charge is 0.201 e. The summed E-state index contributed by atoms with van der Waals surface area (Å²) in [5.41, 5.74) is 7.69. The van der Waals surface area contributed by atoms with Gasteiger partial charge in [0, 0.05) is 29.7 Å². The standard InChI is InChI=1S/C22H20O6.C6H15NO3.C2H6/c1-10-12-4-3-5-16(28-2)18(12)22(27)19-17(10)21(26)14-8-11(15(24)9-23)6-7-13(14)20(19)25;1-4(10-2)6(9)5(7)3-8;1-2/h3-5,11,23,25-26H,1,6-9H2,2H3;4-6,8-9H,3,7H2,1-2H3;1-2H3/t11-;;/m0../s1. The van der Waals surface area contributed by atoms with Crippen LogP contribution in [-0.4, -0.2) is 82.8 Å². The summed E-state index contributed by atoms with van der Waals surface area (Å²) in [5, 5.41) is 48.7. The molecule has 2 aromatic rings. The Balaban J connectivity index is 0.000000398. The fraction of sp³-hybridized carbons (Fsp3) is 0.467. The second kappa shape index (κ2) is 14.4. The van der Waals surface area contributed by atoms with Gasteiger partial charge in [0.2, 0.25) is 5.78 Å². The molecule has 0 fully saturated rings. The molecule has 0 saturated heterocycles. The third kappa shape index (κ3) is 6.21. The number of carbonyl (C=O) groups excluding carboxylic acids is 2. The Morgan fingerprint density at radius 2 is 1.73 bits per heavy atom. The number of rotatable bonds is 7. The van der Waals surface area contributed by atoms with E-state index in [2.05, 4.69) is 6.58 Å². The van der Waals surface area contributed by atoms with Gasteiger partial charge >= 0.3 is 0 Å². The Morgan fingerprint density at radius 3 is 2.27 bits per heavy atom. The molecule has 10 nitrogen and oxygen atoms in total. The number of aliphatic hydroxyl groups is 3. The van der Waals surface area contributed by atoms with Crippen LogP contribution in [0.1, 0.15) is 65.4 Å². The number of hydrogen-bond acceptors (Lipinski definition) is 10. The molecule has 10 heteroatoms. The van der Waals surface area contributed by atoms with E-state index in [1.165, 1.54) is 14.2 Å². The van der Waals surface area contributed by atoms with Gasteiger partial charge in [0.25, 0.3) is 0 Å². The van der Waals surface area contributed by atoms with E-state index in [-0.39, 0.29) is 47.5 Å². The van der Waals surface area contributed by atoms with Gasteiger partial charge in [-0.2, -0.15) is 0 Å². The van der Waals surface area contributed by atoms with Crippen LogP contribution in [0.25, 0.3) is 5.57 Å². The molecule has 0 amide bonds. The second-order valence-electron chi connectivity index (χ2n) is 9.44. The molecule has 0 aliphatic heterocycles. The fourth-order valence-electron chi connectivity index (χ4n) is 4.94. The van der Waals surface area contributed by atoms with Crippen molar-refractivity contribution in [2.24, 2.45) is 11.7 Å². The predicted octanol–water partition coefficient (Wildman–Crippen LogP) is 2.11. The summed E-state index contributed by atoms with van der Waals surface area (Å²) in [5.74, 6) is -1.10. The maximum absolute atomic E-state index is 13.2. The summed E-state index contributed by atoms with van der Waals surface area (Å²) >= 11 is 0. The molecule has 40 heavy (non-hydrogen) atoms. The molecular formula is C30H41NO9. The third-order valence-corrected chi connectivity index (χ3v) is 7.29. The highest BCUT2D eigenvalue weighted by atomic mass is 16.5. The van der Waals surface area contributed by atoms with Gasteiger partial charge in [-0.25, -0.2) is 0 Å². The summed E-state index contributed by atoms with van der Waals surface area (Å²) in [4.78, 5) is 25.2. The summed E-state index contributed by atoms with van der Waals surface area (Å²) < 4.78 is 10.1. The van der Waals surface area contributed by atoms with Gasteiger partial charge in [0.1, 0.15) is 23.9 Å². The van der Waals surface area contributed by atoms with Crippen LogP contribution < -0.4 is 10.5 Å². The second-order valence-corrected chi connectivity index (χ2v) is 9.44. The zero-order valence-corrected chi connectivity index (χ0v) is 23.7. The quantitative estimate of drug-likeness (QED) is 0.235. The molecule has 4 rings (SSSR count). The molecule has 0 radical (unpaired) electrons. The number of nitrogens with two attached hydrogens (primary N) is 1. The molecule has 2 aliphatic rings. The van der Waals surface area contributed by atoms with Crippen LogP contribution in [0.2, 0.25) is 0 Å². The van der Waals surface area contributed by atoms with Crippen molar-refractivity contribution in [3.8, 4) is 17.2 Å². The first-order valence-corrected chi connectivity index (χ1v) is 13.3. The Hall–Kier alpha value is -3.28. The van der Waals surface area contributed by atoms with Crippen molar-refractivity contribution in [1.82, 2.24) is 0 Å². The molecule has 3 unspecified atom stereocenters. The molecule has 2 aliphatic carbocycles. The lowest BCUT2D eigenvalue weighted by Gasteiger charge is -2.30. The molecule has 0 aromatic heterocycles. The third-order valence-electron chi connectivity index (χ3n) is 7.29. The summed E-state index contributed by atoms with van der Waals surface area (Å²) in [6.07, 6.45) is -0.157. The zero-order valence-electron chi connectivity index (χ0n) is 23.7. The molecule has 220 valence electrons. The van der Waals surface area contributed by atoms with E-state index in [9.17, 15) is 24.9 Å². The lowest BCUT2D eigenvalue weighted by molar-refractivity contribution is -0.126. The zero-order chi connectivity index (χ0) is 30.3. The minimum absolute atomic E-state index is 0.0187. The molecule has 2 aromatic carbocycles. The number of methoxy groups -OCH3 is 2. The predicted molar refractivity (Wildman–Crippen MR) is 151 cm³/mol. The van der Waals surface area contributed by atoms with Crippen molar-refractivity contribution in [3.05, 3.63) is 58.2 Å². The summed E-state index contributed by atoms with van der Waals surface area (Å²) in [7, 11) is 2.95. The van der Waals surface area contributed by atoms with Crippen molar-refractivity contribution in [1.29, 1.82) is 0 Å². The van der Waals surface area contributed by atoms with E-state index in [1.807, 2.05) is 13.8 Å². The first kappa shape index (κ1) is 32.9. The summed E-state index contributed by atoms with van der Waals surface area (Å²) in [6, 6.07) is 4.49. The Bertz CT molecular complexity index is 1230. The van der Waals surface area contributed by atoms with E-state index in [0.717, 1.165) is 0 Å². The number of hydrogen-bond donors (Lipinski definition) is 6. The van der Waals surface area contributed by atoms with Gasteiger partial charge in [-0.3, -0.25) is 9.59 Å². The van der Waals surface area contributed by atoms with E-state index in [1.54, 1.807) is 25.1 Å². The van der Waals surface area contributed by atoms with Crippen LogP contribution >= 0.6 is 0 Å². The molecule has 4 atom stereocenters. The van der Waals surface area contributed by atoms with Crippen LogP contribution in [0.15, 0.2) is 24.8 Å². The van der Waals surface area contributed by atoms with Crippen LogP contribution in [0.5, 0.6) is 17.2 Å². The average molecular weight is 560 g/mol. The number of aliphatic hydroxyl groups excluding tert-OH is 3. The first-order chi connectivity index (χ1) is 19.0. The SMILES string of the molecule is C=C1c2cccc(OC)c2C(=O)c2c(O)c3c(c(O)c21)C[C@@H](C(=O)CO)CC3.CC.COC(C)C(O)C(N)CO. The fourth-order valence-corrected chi connectivity index (χ4v) is 4.94. The normalized spacial score (nSPS) is 17.5. The highest BCUT2D eigenvalue weighted by Crippen LogP contribution is 2.50. The lowest BCUT2D eigenvalue weighted by atomic mass is 9.74. The van der Waals surface area contributed by atoms with Crippen LogP contribution in [-0.2, 0) is 22.4 Å². The number of carbonyl (C=O) groups is 2. The largest absolute Gasteiger partial charge is 0.507 e. The number of ether oxygens (including phenoxy) is 2. The highest BCUT2D eigenvalue weighted by molar-refractivity contribution is 6.22. The average Bonchev–Trinajstić information content (AvgIpc) is 3.00. The van der Waals surface area contributed by atoms with Crippen molar-refractivity contribution >= 4 is 17.1 Å². The molecular weight excluding hydrogens is 518 g/mol. The Morgan fingerprint density at radius 1 is 1.10 bits per heavy atom. The Kier molecular flexibility index (Phi) is 11.8. The Labute approximate surface area is 234 Å². The maximum atomic E-state index is 13.2. The van der Waals surface area contributed by atoms with Crippen LogP contribution in [0.4, 0.5) is 0 Å². The molecule has 7 N–H and O–H groups in total. The van der Waals surface area contributed by atoms with E-state index in [0.29, 0.717) is 46.4 Å². The number of Topliss-reactive ketones (excluding diaryl/α,β-unsaturated/α-hetero) is 1. The minimum Gasteiger partial charge on any atom is -0.507 e. The lowest BCUT2D eigenvalue weighted by Crippen LogP contribution is -2.44. The van der Waals surface area contributed by atoms with Crippen LogP contribution in [0.3, 0.4) is 0 Å². The van der Waals surface area contributed by atoms with E-state index in [4.69, 9.17) is 25.4 Å². The number of phenols is 2. The van der Waals surface area contributed by atoms with E-state index >= 15 is 0 Å². The van der Waals surface area contributed by atoms with Crippen LogP contribution in [0, 0.1) is 5.92 Å². The van der Waals surface area contributed by atoms with Crippen molar-refractivity contribution in [3.63, 3.8) is 0 Å². The molecule has 0 heterocycles. The van der Waals surface area contributed by atoms with Gasteiger partial charge in [0.15, 0.2) is 5.78 Å². The van der Waals surface area contributed by atoms with Gasteiger partial charge < -0.3 is 40.7 Å². The van der Waals surface area contributed by atoms with Gasteiger partial charge in [-0.1, -0.05) is 32.6 Å². The van der Waals surface area contributed by atoms with Crippen molar-refractivity contribution in [2.45, 2.75) is 58.3 Å². The monoisotopic (exact) mass is 559 g/mol. The summed E-state index contributed by atoms with van der Waals surface area (Å²) in [6.45, 7) is 8.95. The molecule has 0 saturated carbocycles. The topological polar surface area (TPSA) is 180 Å². The maximum Gasteiger partial charge on any atom is 0.201 e. The first-order valence-electron chi connectivity index (χ1n) is 13.3. The number of fused-ring (bicyclic) bond motifs is 3. The van der Waals surface area contributed by atoms with Gasteiger partial charge in [-0.05, 0) is 43.4 Å². The number of aromatic hydroxyl groups is 2. The number of benzene rings is 2. The molecule has 0 bridgehead atoms. The van der Waals surface area contributed by atoms with Gasteiger partial charge in [0.05, 0.1) is 43.1 Å². The van der Waals surface area contributed by atoms with Crippen molar-refractivity contribution < 1.29 is 44.6 Å². The molecule has 0 spiro atoms. The number of ketones is 2. The van der Waals surface area contributed by atoms with Gasteiger partial charge in [-0.15, -0.1) is 0 Å². The number of phenolic OH excluding ortho intramolecular Hbond substituents is 2. The minimum atomic E-state index is -0.796.